The first-order valence-corrected chi connectivity index (χ1v) is 5.04. The van der Waals surface area contributed by atoms with Gasteiger partial charge in [0.2, 0.25) is 0 Å². The summed E-state index contributed by atoms with van der Waals surface area (Å²) in [5.74, 6) is 0.361. The highest BCUT2D eigenvalue weighted by Crippen LogP contribution is 2.08. The van der Waals surface area contributed by atoms with E-state index in [1.165, 1.54) is 17.0 Å². The summed E-state index contributed by atoms with van der Waals surface area (Å²) in [6.45, 7) is 0. The average Bonchev–Trinajstić information content (AvgIpc) is 2.73. The Morgan fingerprint density at radius 1 is 1.50 bits per heavy atom. The van der Waals surface area contributed by atoms with Crippen LogP contribution in [0.3, 0.4) is 0 Å². The second-order valence-corrected chi connectivity index (χ2v) is 3.38. The molecule has 2 aromatic rings. The Morgan fingerprint density at radius 3 is 2.94 bits per heavy atom. The number of imidazole rings is 1. The summed E-state index contributed by atoms with van der Waals surface area (Å²) in [4.78, 5) is 17.7. The third-order valence-corrected chi connectivity index (χ3v) is 2.20. The van der Waals surface area contributed by atoms with Gasteiger partial charge in [-0.3, -0.25) is 5.43 Å². The summed E-state index contributed by atoms with van der Waals surface area (Å²) in [7, 11) is 1.55. The van der Waals surface area contributed by atoms with Crippen LogP contribution in [0.5, 0.6) is 0 Å². The number of nitrogens with one attached hydrogen (secondary N) is 1. The van der Waals surface area contributed by atoms with E-state index in [-0.39, 0.29) is 5.95 Å². The van der Waals surface area contributed by atoms with Gasteiger partial charge >= 0.3 is 5.95 Å². The molecule has 0 aliphatic heterocycles. The lowest BCUT2D eigenvalue weighted by Crippen LogP contribution is -2.02. The molecular weight excluding hydrogens is 236 g/mol. The van der Waals surface area contributed by atoms with Crippen LogP contribution in [-0.4, -0.2) is 25.7 Å². The number of nitrogens with zero attached hydrogens (tertiary/aromatic N) is 5. The molecule has 0 saturated carbocycles. The summed E-state index contributed by atoms with van der Waals surface area (Å²) in [6.07, 6.45) is 4.45. The molecule has 0 amide bonds. The van der Waals surface area contributed by atoms with Gasteiger partial charge in [-0.25, -0.2) is 9.55 Å². The molecule has 2 heterocycles. The van der Waals surface area contributed by atoms with Crippen molar-refractivity contribution < 1.29 is 4.92 Å². The van der Waals surface area contributed by atoms with E-state index in [1.54, 1.807) is 25.4 Å². The molecule has 0 spiro atoms. The first-order chi connectivity index (χ1) is 8.68. The number of pyridine rings is 1. The number of hydrogen-bond acceptors (Lipinski definition) is 6. The van der Waals surface area contributed by atoms with E-state index in [9.17, 15) is 10.1 Å². The van der Waals surface area contributed by atoms with E-state index >= 15 is 0 Å². The van der Waals surface area contributed by atoms with Gasteiger partial charge in [-0.2, -0.15) is 5.10 Å². The molecule has 0 unspecified atom stereocenters. The van der Waals surface area contributed by atoms with Gasteiger partial charge < -0.3 is 10.1 Å². The van der Waals surface area contributed by atoms with E-state index in [1.807, 2.05) is 6.07 Å². The molecule has 8 heteroatoms. The van der Waals surface area contributed by atoms with E-state index in [2.05, 4.69) is 20.5 Å². The molecule has 2 aromatic heterocycles. The molecule has 0 aliphatic rings. The van der Waals surface area contributed by atoms with Crippen LogP contribution < -0.4 is 5.43 Å². The van der Waals surface area contributed by atoms with Crippen LogP contribution in [-0.2, 0) is 7.05 Å². The summed E-state index contributed by atoms with van der Waals surface area (Å²) < 4.78 is 1.34. The molecule has 1 N–H and O–H groups in total. The van der Waals surface area contributed by atoms with Gasteiger partial charge in [0.05, 0.1) is 13.3 Å². The van der Waals surface area contributed by atoms with Crippen molar-refractivity contribution in [2.75, 3.05) is 5.43 Å². The topological polar surface area (TPSA) is 98.2 Å². The van der Waals surface area contributed by atoms with Crippen LogP contribution in [0.2, 0.25) is 0 Å². The normalized spacial score (nSPS) is 10.7. The van der Waals surface area contributed by atoms with Crippen molar-refractivity contribution in [3.05, 3.63) is 46.4 Å². The van der Waals surface area contributed by atoms with E-state index < -0.39 is 4.92 Å². The van der Waals surface area contributed by atoms with Crippen LogP contribution >= 0.6 is 0 Å². The SMILES string of the molecule is Cn1c(/C=N/Nc2ccccn2)cnc1[N+](=O)[O-]. The fourth-order valence-electron chi connectivity index (χ4n) is 1.30. The number of nitro groups is 1. The third-order valence-electron chi connectivity index (χ3n) is 2.20. The zero-order valence-corrected chi connectivity index (χ0v) is 9.52. The molecule has 0 fully saturated rings. The number of hydrazone groups is 1. The molecular formula is C10H10N6O2. The molecule has 0 saturated heterocycles. The third kappa shape index (κ3) is 2.48. The highest BCUT2D eigenvalue weighted by molar-refractivity contribution is 5.78. The predicted octanol–water partition coefficient (Wildman–Crippen LogP) is 1.17. The predicted molar refractivity (Wildman–Crippen MR) is 65.3 cm³/mol. The number of anilines is 1. The van der Waals surface area contributed by atoms with E-state index in [0.29, 0.717) is 11.5 Å². The van der Waals surface area contributed by atoms with Gasteiger partial charge in [0.15, 0.2) is 5.69 Å². The lowest BCUT2D eigenvalue weighted by atomic mass is 10.5. The minimum atomic E-state index is -0.552. The zero-order chi connectivity index (χ0) is 13.0. The molecule has 0 radical (unpaired) electrons. The van der Waals surface area contributed by atoms with Crippen LogP contribution in [0, 0.1) is 10.1 Å². The van der Waals surface area contributed by atoms with Gasteiger partial charge in [0.1, 0.15) is 12.0 Å². The van der Waals surface area contributed by atoms with Crippen molar-refractivity contribution in [1.82, 2.24) is 14.5 Å². The van der Waals surface area contributed by atoms with Crippen LogP contribution in [0.1, 0.15) is 5.69 Å². The Hall–Kier alpha value is -2.77. The van der Waals surface area contributed by atoms with Crippen molar-refractivity contribution in [3.8, 4) is 0 Å². The number of aromatic nitrogens is 3. The monoisotopic (exact) mass is 246 g/mol. The Kier molecular flexibility index (Phi) is 3.28. The van der Waals surface area contributed by atoms with Gasteiger partial charge in [-0.15, -0.1) is 0 Å². The number of rotatable bonds is 4. The lowest BCUT2D eigenvalue weighted by molar-refractivity contribution is -0.396. The molecule has 18 heavy (non-hydrogen) atoms. The quantitative estimate of drug-likeness (QED) is 0.496. The molecule has 2 rings (SSSR count). The first kappa shape index (κ1) is 11.7. The summed E-state index contributed by atoms with van der Waals surface area (Å²) in [6, 6.07) is 5.36. The fourth-order valence-corrected chi connectivity index (χ4v) is 1.30. The van der Waals surface area contributed by atoms with E-state index in [0.717, 1.165) is 0 Å². The van der Waals surface area contributed by atoms with Gasteiger partial charge in [-0.1, -0.05) is 11.1 Å². The van der Waals surface area contributed by atoms with Crippen LogP contribution in [0.4, 0.5) is 11.8 Å². The van der Waals surface area contributed by atoms with Gasteiger partial charge in [-0.05, 0) is 17.1 Å². The van der Waals surface area contributed by atoms with Gasteiger partial charge in [0.25, 0.3) is 0 Å². The summed E-state index contributed by atoms with van der Waals surface area (Å²) in [5, 5.41) is 14.5. The summed E-state index contributed by atoms with van der Waals surface area (Å²) in [5.41, 5.74) is 3.22. The van der Waals surface area contributed by atoms with Crippen molar-refractivity contribution in [1.29, 1.82) is 0 Å². The molecule has 8 nitrogen and oxygen atoms in total. The van der Waals surface area contributed by atoms with E-state index in [4.69, 9.17) is 0 Å². The largest absolute Gasteiger partial charge is 0.434 e. The highest BCUT2D eigenvalue weighted by Gasteiger charge is 2.15. The Morgan fingerprint density at radius 2 is 2.33 bits per heavy atom. The van der Waals surface area contributed by atoms with Crippen molar-refractivity contribution in [2.45, 2.75) is 0 Å². The second kappa shape index (κ2) is 5.04. The molecule has 0 atom stereocenters. The van der Waals surface area contributed by atoms with Crippen molar-refractivity contribution >= 4 is 18.0 Å². The average molecular weight is 246 g/mol. The summed E-state index contributed by atoms with van der Waals surface area (Å²) >= 11 is 0. The molecule has 0 aromatic carbocycles. The maximum absolute atomic E-state index is 10.6. The maximum atomic E-state index is 10.6. The fraction of sp³-hybridized carbons (Fsp3) is 0.100. The van der Waals surface area contributed by atoms with Crippen LogP contribution in [0.15, 0.2) is 35.7 Å². The van der Waals surface area contributed by atoms with Crippen LogP contribution in [0.25, 0.3) is 0 Å². The Labute approximate surface area is 102 Å². The Balaban J connectivity index is 2.08. The zero-order valence-electron chi connectivity index (χ0n) is 9.52. The standard InChI is InChI=1S/C10H10N6O2/c1-15-8(6-12-10(15)16(17)18)7-13-14-9-4-2-3-5-11-9/h2-7H,1H3,(H,11,14)/b13-7+. The molecule has 0 bridgehead atoms. The van der Waals surface area contributed by atoms with Crippen molar-refractivity contribution in [2.24, 2.45) is 12.1 Å². The van der Waals surface area contributed by atoms with Crippen molar-refractivity contribution in [3.63, 3.8) is 0 Å². The second-order valence-electron chi connectivity index (χ2n) is 3.38. The Bertz CT molecular complexity index is 577. The highest BCUT2D eigenvalue weighted by atomic mass is 16.6. The minimum Gasteiger partial charge on any atom is -0.390 e. The molecule has 92 valence electrons. The van der Waals surface area contributed by atoms with Gasteiger partial charge in [0, 0.05) is 6.20 Å². The smallest absolute Gasteiger partial charge is 0.390 e. The minimum absolute atomic E-state index is 0.228. The first-order valence-electron chi connectivity index (χ1n) is 5.04. The number of hydrogen-bond donors (Lipinski definition) is 1. The maximum Gasteiger partial charge on any atom is 0.434 e. The molecule has 0 aliphatic carbocycles. The lowest BCUT2D eigenvalue weighted by Gasteiger charge is -1.97.